The first kappa shape index (κ1) is 25.2. The monoisotopic (exact) mass is 489 g/mol. The van der Waals surface area contributed by atoms with Gasteiger partial charge in [0.2, 0.25) is 0 Å². The van der Waals surface area contributed by atoms with Crippen LogP contribution in [-0.4, -0.2) is 35.7 Å². The van der Waals surface area contributed by atoms with Gasteiger partial charge in [0.15, 0.2) is 0 Å². The zero-order valence-electron chi connectivity index (χ0n) is 20.6. The molecular weight excluding hydrogens is 457 g/mol. The number of rotatable bonds is 13. The molecule has 0 saturated heterocycles. The van der Waals surface area contributed by atoms with E-state index in [0.29, 0.717) is 13.2 Å². The number of hydrogen-bond donors (Lipinski definition) is 1. The summed E-state index contributed by atoms with van der Waals surface area (Å²) in [4.78, 5) is 17.0. The first-order valence-corrected chi connectivity index (χ1v) is 12.4. The van der Waals surface area contributed by atoms with E-state index in [2.05, 4.69) is 16.0 Å². The van der Waals surface area contributed by atoms with Crippen molar-refractivity contribution in [1.82, 2.24) is 14.9 Å². The second kappa shape index (κ2) is 12.7. The van der Waals surface area contributed by atoms with Gasteiger partial charge in [-0.2, -0.15) is 0 Å². The van der Waals surface area contributed by atoms with Crippen LogP contribution in [-0.2, 0) is 13.0 Å². The van der Waals surface area contributed by atoms with Gasteiger partial charge < -0.3 is 19.4 Å². The number of halogens is 1. The SMILES string of the molecule is COc1ccc(OCCCn2c(CCCCCNC(=O)c3ccccc3F)nc3ccccc32)cc1. The Labute approximate surface area is 211 Å². The van der Waals surface area contributed by atoms with Crippen LogP contribution in [0.2, 0.25) is 0 Å². The van der Waals surface area contributed by atoms with Crippen LogP contribution in [0.3, 0.4) is 0 Å². The standard InChI is InChI=1S/C29H32FN3O3/c1-35-22-15-17-23(18-16-22)36-21-9-20-33-27-13-7-6-12-26(27)32-28(33)14-3-2-8-19-31-29(34)24-10-4-5-11-25(24)30/h4-7,10-13,15-18H,2-3,8-9,14,19-21H2,1H3,(H,31,34). The molecule has 0 unspecified atom stereocenters. The zero-order chi connectivity index (χ0) is 25.2. The summed E-state index contributed by atoms with van der Waals surface area (Å²) in [6.45, 7) is 1.96. The molecule has 188 valence electrons. The van der Waals surface area contributed by atoms with Crippen LogP contribution < -0.4 is 14.8 Å². The lowest BCUT2D eigenvalue weighted by Gasteiger charge is -2.11. The number of aryl methyl sites for hydroxylation is 2. The van der Waals surface area contributed by atoms with E-state index in [0.717, 1.165) is 67.0 Å². The Morgan fingerprint density at radius 3 is 2.47 bits per heavy atom. The van der Waals surface area contributed by atoms with Crippen molar-refractivity contribution in [2.45, 2.75) is 38.6 Å². The van der Waals surface area contributed by atoms with Crippen LogP contribution in [0.4, 0.5) is 4.39 Å². The minimum atomic E-state index is -0.497. The Bertz CT molecular complexity index is 1270. The van der Waals surface area contributed by atoms with Crippen molar-refractivity contribution >= 4 is 16.9 Å². The fraction of sp³-hybridized carbons (Fsp3) is 0.310. The quantitative estimate of drug-likeness (QED) is 0.241. The number of carbonyl (C=O) groups is 1. The summed E-state index contributed by atoms with van der Waals surface area (Å²) >= 11 is 0. The Kier molecular flexibility index (Phi) is 8.92. The summed E-state index contributed by atoms with van der Waals surface area (Å²) in [5.41, 5.74) is 2.22. The molecule has 0 aliphatic heterocycles. The number of nitrogens with one attached hydrogen (secondary N) is 1. The summed E-state index contributed by atoms with van der Waals surface area (Å²) in [7, 11) is 1.65. The van der Waals surface area contributed by atoms with E-state index in [-0.39, 0.29) is 11.5 Å². The van der Waals surface area contributed by atoms with Crippen LogP contribution >= 0.6 is 0 Å². The molecule has 4 rings (SSSR count). The van der Waals surface area contributed by atoms with Crippen LogP contribution in [0.15, 0.2) is 72.8 Å². The summed E-state index contributed by atoms with van der Waals surface area (Å²) in [6.07, 6.45) is 4.45. The highest BCUT2D eigenvalue weighted by atomic mass is 19.1. The fourth-order valence-corrected chi connectivity index (χ4v) is 4.18. The van der Waals surface area contributed by atoms with Gasteiger partial charge in [0, 0.05) is 19.5 Å². The summed E-state index contributed by atoms with van der Waals surface area (Å²) in [5, 5.41) is 2.80. The van der Waals surface area contributed by atoms with Gasteiger partial charge >= 0.3 is 0 Å². The van der Waals surface area contributed by atoms with Gasteiger partial charge in [0.05, 0.1) is 30.3 Å². The Morgan fingerprint density at radius 1 is 0.917 bits per heavy atom. The van der Waals surface area contributed by atoms with Crippen molar-refractivity contribution in [2.75, 3.05) is 20.3 Å². The number of para-hydroxylation sites is 2. The van der Waals surface area contributed by atoms with Crippen LogP contribution in [0.25, 0.3) is 11.0 Å². The smallest absolute Gasteiger partial charge is 0.254 e. The number of fused-ring (bicyclic) bond motifs is 1. The number of carbonyl (C=O) groups excluding carboxylic acids is 1. The first-order chi connectivity index (χ1) is 17.7. The second-order valence-electron chi connectivity index (χ2n) is 8.59. The average Bonchev–Trinajstić information content (AvgIpc) is 3.26. The van der Waals surface area contributed by atoms with Crippen LogP contribution in [0, 0.1) is 5.82 Å². The molecule has 3 aromatic carbocycles. The number of nitrogens with zero attached hydrogens (tertiary/aromatic N) is 2. The van der Waals surface area contributed by atoms with E-state index in [1.807, 2.05) is 42.5 Å². The van der Waals surface area contributed by atoms with Gasteiger partial charge in [0.25, 0.3) is 5.91 Å². The number of imidazole rings is 1. The molecule has 0 saturated carbocycles. The van der Waals surface area contributed by atoms with Gasteiger partial charge in [-0.1, -0.05) is 30.7 Å². The molecular formula is C29H32FN3O3. The molecule has 1 amide bonds. The second-order valence-corrected chi connectivity index (χ2v) is 8.59. The molecule has 0 radical (unpaired) electrons. The highest BCUT2D eigenvalue weighted by molar-refractivity contribution is 5.94. The normalized spacial score (nSPS) is 10.9. The third kappa shape index (κ3) is 6.62. The summed E-state index contributed by atoms with van der Waals surface area (Å²) in [6, 6.07) is 21.8. The number of unbranched alkanes of at least 4 members (excludes halogenated alkanes) is 2. The van der Waals surface area contributed by atoms with Gasteiger partial charge in [-0.3, -0.25) is 4.79 Å². The number of methoxy groups -OCH3 is 1. The lowest BCUT2D eigenvalue weighted by Crippen LogP contribution is -2.25. The minimum Gasteiger partial charge on any atom is -0.497 e. The minimum absolute atomic E-state index is 0.0854. The molecule has 6 nitrogen and oxygen atoms in total. The molecule has 0 bridgehead atoms. The molecule has 1 heterocycles. The number of hydrogen-bond acceptors (Lipinski definition) is 4. The fourth-order valence-electron chi connectivity index (χ4n) is 4.18. The maximum absolute atomic E-state index is 13.7. The van der Waals surface area contributed by atoms with Crippen molar-refractivity contribution in [3.8, 4) is 11.5 Å². The van der Waals surface area contributed by atoms with Crippen molar-refractivity contribution in [3.05, 3.63) is 90.0 Å². The number of ether oxygens (including phenoxy) is 2. The van der Waals surface area contributed by atoms with Crippen LogP contribution in [0.1, 0.15) is 41.9 Å². The van der Waals surface area contributed by atoms with Crippen molar-refractivity contribution in [1.29, 1.82) is 0 Å². The Balaban J connectivity index is 1.24. The van der Waals surface area contributed by atoms with E-state index in [4.69, 9.17) is 14.5 Å². The predicted octanol–water partition coefficient (Wildman–Crippen LogP) is 5.80. The predicted molar refractivity (Wildman–Crippen MR) is 139 cm³/mol. The van der Waals surface area contributed by atoms with Gasteiger partial charge in [-0.15, -0.1) is 0 Å². The lowest BCUT2D eigenvalue weighted by molar-refractivity contribution is 0.0949. The Morgan fingerprint density at radius 2 is 1.67 bits per heavy atom. The summed E-state index contributed by atoms with van der Waals surface area (Å²) < 4.78 is 27.1. The van der Waals surface area contributed by atoms with Crippen molar-refractivity contribution in [3.63, 3.8) is 0 Å². The topological polar surface area (TPSA) is 65.4 Å². The first-order valence-electron chi connectivity index (χ1n) is 12.4. The van der Waals surface area contributed by atoms with E-state index < -0.39 is 5.82 Å². The van der Waals surface area contributed by atoms with Gasteiger partial charge in [0.1, 0.15) is 23.1 Å². The maximum atomic E-state index is 13.7. The number of aromatic nitrogens is 2. The van der Waals surface area contributed by atoms with Crippen molar-refractivity contribution in [2.24, 2.45) is 0 Å². The lowest BCUT2D eigenvalue weighted by atomic mass is 10.1. The van der Waals surface area contributed by atoms with Gasteiger partial charge in [-0.05, 0) is 67.8 Å². The molecule has 0 atom stereocenters. The molecule has 36 heavy (non-hydrogen) atoms. The van der Waals surface area contributed by atoms with Crippen LogP contribution in [0.5, 0.6) is 11.5 Å². The van der Waals surface area contributed by atoms with E-state index in [1.165, 1.54) is 12.1 Å². The molecule has 0 spiro atoms. The van der Waals surface area contributed by atoms with E-state index in [9.17, 15) is 9.18 Å². The average molecular weight is 490 g/mol. The molecule has 7 heteroatoms. The zero-order valence-corrected chi connectivity index (χ0v) is 20.6. The number of amides is 1. The molecule has 4 aromatic rings. The van der Waals surface area contributed by atoms with E-state index >= 15 is 0 Å². The third-order valence-corrected chi connectivity index (χ3v) is 6.07. The van der Waals surface area contributed by atoms with Crippen molar-refractivity contribution < 1.29 is 18.7 Å². The van der Waals surface area contributed by atoms with Gasteiger partial charge in [-0.25, -0.2) is 9.37 Å². The molecule has 1 N–H and O–H groups in total. The molecule has 0 aliphatic rings. The number of benzene rings is 3. The highest BCUT2D eigenvalue weighted by Crippen LogP contribution is 2.20. The molecule has 1 aromatic heterocycles. The van der Waals surface area contributed by atoms with E-state index in [1.54, 1.807) is 19.2 Å². The molecule has 0 aliphatic carbocycles. The third-order valence-electron chi connectivity index (χ3n) is 6.07. The highest BCUT2D eigenvalue weighted by Gasteiger charge is 2.11. The molecule has 0 fully saturated rings. The Hall–Kier alpha value is -3.87. The largest absolute Gasteiger partial charge is 0.497 e. The summed E-state index contributed by atoms with van der Waals surface area (Å²) in [5.74, 6) is 1.84. The maximum Gasteiger partial charge on any atom is 0.254 e.